The van der Waals surface area contributed by atoms with Gasteiger partial charge in [-0.2, -0.15) is 0 Å². The molecule has 0 bridgehead atoms. The van der Waals surface area contributed by atoms with Gasteiger partial charge in [0.2, 0.25) is 5.91 Å². The molecule has 1 atom stereocenters. The quantitative estimate of drug-likeness (QED) is 0.879. The second kappa shape index (κ2) is 6.45. The van der Waals surface area contributed by atoms with Gasteiger partial charge >= 0.3 is 0 Å². The summed E-state index contributed by atoms with van der Waals surface area (Å²) in [4.78, 5) is 17.9. The number of hydrogen-bond donors (Lipinski definition) is 1. The minimum absolute atomic E-state index is 0.0525. The highest BCUT2D eigenvalue weighted by atomic mass is 35.5. The van der Waals surface area contributed by atoms with E-state index < -0.39 is 0 Å². The summed E-state index contributed by atoms with van der Waals surface area (Å²) in [6, 6.07) is 3.16. The van der Waals surface area contributed by atoms with Crippen LogP contribution in [0.25, 0.3) is 0 Å². The summed E-state index contributed by atoms with van der Waals surface area (Å²) in [7, 11) is 0. The molecule has 0 saturated carbocycles. The fraction of sp³-hybridized carbons (Fsp3) is 0.500. The van der Waals surface area contributed by atoms with Crippen molar-refractivity contribution < 1.29 is 4.79 Å². The lowest BCUT2D eigenvalue weighted by Crippen LogP contribution is -2.41. The highest BCUT2D eigenvalue weighted by Gasteiger charge is 2.18. The summed E-state index contributed by atoms with van der Waals surface area (Å²) in [5.41, 5.74) is 0. The molecule has 94 valence electrons. The fourth-order valence-electron chi connectivity index (χ4n) is 1.57. The number of nitrogens with zero attached hydrogens (tertiary/aromatic N) is 2. The number of pyridine rings is 1. The van der Waals surface area contributed by atoms with Gasteiger partial charge in [0.05, 0.1) is 5.02 Å². The predicted molar refractivity (Wildman–Crippen MR) is 70.3 cm³/mol. The van der Waals surface area contributed by atoms with Crippen molar-refractivity contribution in [3.63, 3.8) is 0 Å². The molecule has 0 aliphatic heterocycles. The third-order valence-corrected chi connectivity index (χ3v) is 2.86. The van der Waals surface area contributed by atoms with Gasteiger partial charge in [-0.1, -0.05) is 11.6 Å². The topological polar surface area (TPSA) is 45.2 Å². The Kier molecular flexibility index (Phi) is 5.22. The SMILES string of the molecule is CCN(CC)C(=O)C(C)Nc1ncccc1Cl. The number of rotatable bonds is 5. The number of carbonyl (C=O) groups excluding carboxylic acids is 1. The van der Waals surface area contributed by atoms with Crippen LogP contribution >= 0.6 is 11.6 Å². The van der Waals surface area contributed by atoms with Crippen molar-refractivity contribution in [3.8, 4) is 0 Å². The zero-order valence-corrected chi connectivity index (χ0v) is 11.2. The Hall–Kier alpha value is -1.29. The molecule has 5 heteroatoms. The lowest BCUT2D eigenvalue weighted by molar-refractivity contribution is -0.131. The summed E-state index contributed by atoms with van der Waals surface area (Å²) in [5, 5.41) is 3.54. The molecule has 1 unspecified atom stereocenters. The molecule has 0 fully saturated rings. The van der Waals surface area contributed by atoms with E-state index in [9.17, 15) is 4.79 Å². The summed E-state index contributed by atoms with van der Waals surface area (Å²) in [6.45, 7) is 7.14. The molecule has 1 aromatic rings. The normalized spacial score (nSPS) is 12.0. The summed E-state index contributed by atoms with van der Waals surface area (Å²) < 4.78 is 0. The second-order valence-electron chi connectivity index (χ2n) is 3.71. The molecule has 4 nitrogen and oxygen atoms in total. The van der Waals surface area contributed by atoms with Gasteiger partial charge in [-0.3, -0.25) is 4.79 Å². The third-order valence-electron chi connectivity index (χ3n) is 2.56. The number of likely N-dealkylation sites (N-methyl/N-ethyl adjacent to an activating group) is 1. The van der Waals surface area contributed by atoms with Crippen molar-refractivity contribution in [1.82, 2.24) is 9.88 Å². The van der Waals surface area contributed by atoms with E-state index in [1.165, 1.54) is 0 Å². The summed E-state index contributed by atoms with van der Waals surface area (Å²) in [6.07, 6.45) is 1.64. The molecule has 17 heavy (non-hydrogen) atoms. The second-order valence-corrected chi connectivity index (χ2v) is 4.12. The first-order chi connectivity index (χ1) is 8.10. The molecular formula is C12H18ClN3O. The van der Waals surface area contributed by atoms with E-state index in [0.717, 1.165) is 0 Å². The van der Waals surface area contributed by atoms with E-state index in [1.807, 2.05) is 20.8 Å². The Labute approximate surface area is 107 Å². The summed E-state index contributed by atoms with van der Waals surface area (Å²) >= 11 is 5.97. The summed E-state index contributed by atoms with van der Waals surface area (Å²) in [5.74, 6) is 0.596. The average molecular weight is 256 g/mol. The molecular weight excluding hydrogens is 238 g/mol. The number of carbonyl (C=O) groups is 1. The molecule has 1 amide bonds. The van der Waals surface area contributed by atoms with Crippen molar-refractivity contribution in [2.45, 2.75) is 26.8 Å². The highest BCUT2D eigenvalue weighted by Crippen LogP contribution is 2.18. The van der Waals surface area contributed by atoms with Crippen LogP contribution in [0.2, 0.25) is 5.02 Å². The maximum Gasteiger partial charge on any atom is 0.244 e. The van der Waals surface area contributed by atoms with Crippen LogP contribution in [0.1, 0.15) is 20.8 Å². The van der Waals surface area contributed by atoms with Crippen LogP contribution in [0.15, 0.2) is 18.3 Å². The van der Waals surface area contributed by atoms with Gasteiger partial charge in [-0.25, -0.2) is 4.98 Å². The zero-order chi connectivity index (χ0) is 12.8. The number of amides is 1. The molecule has 0 saturated heterocycles. The molecule has 0 spiro atoms. The fourth-order valence-corrected chi connectivity index (χ4v) is 1.74. The third kappa shape index (κ3) is 3.60. The van der Waals surface area contributed by atoms with Crippen LogP contribution in [0.4, 0.5) is 5.82 Å². The van der Waals surface area contributed by atoms with E-state index in [4.69, 9.17) is 11.6 Å². The average Bonchev–Trinajstić information content (AvgIpc) is 2.33. The Morgan fingerprint density at radius 3 is 2.71 bits per heavy atom. The largest absolute Gasteiger partial charge is 0.357 e. The Bertz CT molecular complexity index is 380. The monoisotopic (exact) mass is 255 g/mol. The lowest BCUT2D eigenvalue weighted by atomic mass is 10.2. The minimum Gasteiger partial charge on any atom is -0.357 e. The van der Waals surface area contributed by atoms with Crippen LogP contribution in [0.5, 0.6) is 0 Å². The van der Waals surface area contributed by atoms with Crippen LogP contribution in [-0.4, -0.2) is 34.9 Å². The van der Waals surface area contributed by atoms with Crippen LogP contribution in [-0.2, 0) is 4.79 Å². The maximum atomic E-state index is 12.0. The molecule has 1 aromatic heterocycles. The molecule has 1 rings (SSSR count). The molecule has 0 aliphatic carbocycles. The van der Waals surface area contributed by atoms with Gasteiger partial charge in [-0.15, -0.1) is 0 Å². The van der Waals surface area contributed by atoms with E-state index in [1.54, 1.807) is 23.2 Å². The van der Waals surface area contributed by atoms with Gasteiger partial charge in [0.1, 0.15) is 11.9 Å². The van der Waals surface area contributed by atoms with E-state index in [0.29, 0.717) is 23.9 Å². The Balaban J connectivity index is 2.69. The molecule has 0 radical (unpaired) electrons. The Morgan fingerprint density at radius 2 is 2.18 bits per heavy atom. The highest BCUT2D eigenvalue weighted by molar-refractivity contribution is 6.32. The number of aromatic nitrogens is 1. The van der Waals surface area contributed by atoms with Crippen molar-refractivity contribution in [1.29, 1.82) is 0 Å². The number of hydrogen-bond acceptors (Lipinski definition) is 3. The van der Waals surface area contributed by atoms with Gasteiger partial charge in [-0.05, 0) is 32.9 Å². The first-order valence-electron chi connectivity index (χ1n) is 5.76. The predicted octanol–water partition coefficient (Wildman–Crippen LogP) is 2.40. The minimum atomic E-state index is -0.331. The van der Waals surface area contributed by atoms with E-state index in [-0.39, 0.29) is 11.9 Å². The van der Waals surface area contributed by atoms with Crippen molar-refractivity contribution in [2.75, 3.05) is 18.4 Å². The van der Waals surface area contributed by atoms with E-state index >= 15 is 0 Å². The number of nitrogens with one attached hydrogen (secondary N) is 1. The van der Waals surface area contributed by atoms with Gasteiger partial charge < -0.3 is 10.2 Å². The van der Waals surface area contributed by atoms with Crippen LogP contribution < -0.4 is 5.32 Å². The van der Waals surface area contributed by atoms with Crippen LogP contribution in [0.3, 0.4) is 0 Å². The smallest absolute Gasteiger partial charge is 0.244 e. The van der Waals surface area contributed by atoms with Gasteiger partial charge in [0.25, 0.3) is 0 Å². The number of halogens is 1. The zero-order valence-electron chi connectivity index (χ0n) is 10.4. The van der Waals surface area contributed by atoms with Gasteiger partial charge in [0.15, 0.2) is 0 Å². The molecule has 1 N–H and O–H groups in total. The maximum absolute atomic E-state index is 12.0. The standard InChI is InChI=1S/C12H18ClN3O/c1-4-16(5-2)12(17)9(3)15-11-10(13)7-6-8-14-11/h6-9H,4-5H2,1-3H3,(H,14,15). The van der Waals surface area contributed by atoms with Crippen molar-refractivity contribution >= 4 is 23.3 Å². The molecule has 0 aromatic carbocycles. The van der Waals surface area contributed by atoms with Crippen molar-refractivity contribution in [3.05, 3.63) is 23.4 Å². The van der Waals surface area contributed by atoms with Gasteiger partial charge in [0, 0.05) is 19.3 Å². The number of anilines is 1. The van der Waals surface area contributed by atoms with Crippen LogP contribution in [0, 0.1) is 0 Å². The first-order valence-corrected chi connectivity index (χ1v) is 6.13. The van der Waals surface area contributed by atoms with E-state index in [2.05, 4.69) is 10.3 Å². The lowest BCUT2D eigenvalue weighted by Gasteiger charge is -2.23. The Morgan fingerprint density at radius 1 is 1.53 bits per heavy atom. The molecule has 0 aliphatic rings. The molecule has 1 heterocycles. The van der Waals surface area contributed by atoms with Crippen molar-refractivity contribution in [2.24, 2.45) is 0 Å². The first kappa shape index (κ1) is 13.8.